The summed E-state index contributed by atoms with van der Waals surface area (Å²) in [6, 6.07) is 13.8. The van der Waals surface area contributed by atoms with Crippen LogP contribution in [0.15, 0.2) is 46.9 Å². The number of fused-ring (bicyclic) bond motifs is 1. The Morgan fingerprint density at radius 1 is 1.10 bits per heavy atom. The molecular weight excluding hydrogens is 317 g/mol. The van der Waals surface area contributed by atoms with Crippen LogP contribution in [0.3, 0.4) is 0 Å². The maximum absolute atomic E-state index is 14.0. The van der Waals surface area contributed by atoms with E-state index in [2.05, 4.69) is 52.4 Å². The Bertz CT molecular complexity index is 626. The van der Waals surface area contributed by atoms with E-state index in [1.54, 1.807) is 6.07 Å². The van der Waals surface area contributed by atoms with E-state index in [1.807, 2.05) is 6.07 Å². The molecular formula is C17H17BrFN. The molecule has 0 aliphatic heterocycles. The summed E-state index contributed by atoms with van der Waals surface area (Å²) in [4.78, 5) is 0. The van der Waals surface area contributed by atoms with Crippen LogP contribution in [0, 0.1) is 5.82 Å². The second-order valence-corrected chi connectivity index (χ2v) is 6.34. The van der Waals surface area contributed by atoms with Crippen molar-refractivity contribution in [1.29, 1.82) is 0 Å². The van der Waals surface area contributed by atoms with E-state index in [-0.39, 0.29) is 11.9 Å². The summed E-state index contributed by atoms with van der Waals surface area (Å²) in [5.74, 6) is 0.370. The van der Waals surface area contributed by atoms with Gasteiger partial charge in [-0.25, -0.2) is 4.39 Å². The van der Waals surface area contributed by atoms with Gasteiger partial charge < -0.3 is 5.32 Å². The highest BCUT2D eigenvalue weighted by molar-refractivity contribution is 9.10. The molecule has 2 aromatic rings. The lowest BCUT2D eigenvalue weighted by Crippen LogP contribution is -2.19. The number of rotatable bonds is 2. The highest BCUT2D eigenvalue weighted by Gasteiger charge is 2.24. The van der Waals surface area contributed by atoms with Crippen LogP contribution in [0.1, 0.15) is 42.9 Å². The molecule has 0 spiro atoms. The van der Waals surface area contributed by atoms with Crippen LogP contribution in [0.2, 0.25) is 0 Å². The average molecular weight is 334 g/mol. The standard InChI is InChI=1S/C17H17BrFN/c1-11-6-8-16(14-5-3-2-4-13(11)14)20-17-9-7-12(18)10-15(17)19/h2-5,7,9-11,16,20H,6,8H2,1H3. The Labute approximate surface area is 127 Å². The fraction of sp³-hybridized carbons (Fsp3) is 0.294. The SMILES string of the molecule is CC1CCC(Nc2ccc(Br)cc2F)c2ccccc21. The van der Waals surface area contributed by atoms with Gasteiger partial charge in [-0.15, -0.1) is 0 Å². The van der Waals surface area contributed by atoms with Crippen molar-refractivity contribution in [2.45, 2.75) is 31.7 Å². The van der Waals surface area contributed by atoms with Gasteiger partial charge in [-0.05, 0) is 48.1 Å². The molecule has 3 rings (SSSR count). The first-order valence-corrected chi connectivity index (χ1v) is 7.75. The molecule has 0 saturated heterocycles. The third kappa shape index (κ3) is 2.59. The lowest BCUT2D eigenvalue weighted by Gasteiger charge is -2.31. The predicted octanol–water partition coefficient (Wildman–Crippen LogP) is 5.64. The van der Waals surface area contributed by atoms with E-state index in [4.69, 9.17) is 0 Å². The van der Waals surface area contributed by atoms with Crippen molar-refractivity contribution in [3.05, 3.63) is 63.9 Å². The third-order valence-electron chi connectivity index (χ3n) is 4.05. The zero-order chi connectivity index (χ0) is 14.1. The fourth-order valence-electron chi connectivity index (χ4n) is 2.95. The van der Waals surface area contributed by atoms with Crippen molar-refractivity contribution in [2.75, 3.05) is 5.32 Å². The largest absolute Gasteiger partial charge is 0.376 e. The Morgan fingerprint density at radius 2 is 1.85 bits per heavy atom. The van der Waals surface area contributed by atoms with Gasteiger partial charge in [0, 0.05) is 4.47 Å². The smallest absolute Gasteiger partial charge is 0.147 e. The molecule has 1 nitrogen and oxygen atoms in total. The lowest BCUT2D eigenvalue weighted by molar-refractivity contribution is 0.531. The summed E-state index contributed by atoms with van der Waals surface area (Å²) in [5, 5.41) is 3.36. The molecule has 2 atom stereocenters. The van der Waals surface area contributed by atoms with Crippen molar-refractivity contribution in [1.82, 2.24) is 0 Å². The average Bonchev–Trinajstić information content (AvgIpc) is 2.45. The summed E-state index contributed by atoms with van der Waals surface area (Å²) >= 11 is 3.29. The topological polar surface area (TPSA) is 12.0 Å². The zero-order valence-electron chi connectivity index (χ0n) is 11.4. The van der Waals surface area contributed by atoms with Crippen molar-refractivity contribution < 1.29 is 4.39 Å². The third-order valence-corrected chi connectivity index (χ3v) is 4.54. The quantitative estimate of drug-likeness (QED) is 0.749. The van der Waals surface area contributed by atoms with Crippen LogP contribution in [0.25, 0.3) is 0 Å². The van der Waals surface area contributed by atoms with Crippen LogP contribution in [0.4, 0.5) is 10.1 Å². The summed E-state index contributed by atoms with van der Waals surface area (Å²) < 4.78 is 14.7. The Morgan fingerprint density at radius 3 is 2.60 bits per heavy atom. The van der Waals surface area contributed by atoms with Gasteiger partial charge in [0.2, 0.25) is 0 Å². The van der Waals surface area contributed by atoms with Gasteiger partial charge in [-0.2, -0.15) is 0 Å². The minimum Gasteiger partial charge on any atom is -0.376 e. The highest BCUT2D eigenvalue weighted by Crippen LogP contribution is 2.39. The van der Waals surface area contributed by atoms with E-state index in [0.29, 0.717) is 11.6 Å². The molecule has 0 bridgehead atoms. The van der Waals surface area contributed by atoms with Gasteiger partial charge in [-0.3, -0.25) is 0 Å². The molecule has 0 saturated carbocycles. The molecule has 1 aliphatic carbocycles. The molecule has 0 fully saturated rings. The van der Waals surface area contributed by atoms with Crippen LogP contribution in [0.5, 0.6) is 0 Å². The van der Waals surface area contributed by atoms with E-state index >= 15 is 0 Å². The molecule has 0 radical (unpaired) electrons. The van der Waals surface area contributed by atoms with Crippen LogP contribution >= 0.6 is 15.9 Å². The minimum atomic E-state index is -0.213. The predicted molar refractivity (Wildman–Crippen MR) is 84.6 cm³/mol. The number of hydrogen-bond donors (Lipinski definition) is 1. The summed E-state index contributed by atoms with van der Waals surface area (Å²) in [6.45, 7) is 2.26. The first kappa shape index (κ1) is 13.6. The van der Waals surface area contributed by atoms with Gasteiger partial charge in [0.05, 0.1) is 11.7 Å². The lowest BCUT2D eigenvalue weighted by atomic mass is 9.81. The van der Waals surface area contributed by atoms with Gasteiger partial charge in [0.15, 0.2) is 0 Å². The van der Waals surface area contributed by atoms with Crippen molar-refractivity contribution in [3.63, 3.8) is 0 Å². The summed E-state index contributed by atoms with van der Waals surface area (Å²) in [5.41, 5.74) is 3.25. The maximum atomic E-state index is 14.0. The van der Waals surface area contributed by atoms with E-state index < -0.39 is 0 Å². The van der Waals surface area contributed by atoms with Gasteiger partial charge in [0.1, 0.15) is 5.82 Å². The molecule has 20 heavy (non-hydrogen) atoms. The fourth-order valence-corrected chi connectivity index (χ4v) is 3.28. The molecule has 1 aliphatic rings. The second-order valence-electron chi connectivity index (χ2n) is 5.43. The summed E-state index contributed by atoms with van der Waals surface area (Å²) in [6.07, 6.45) is 2.17. The number of anilines is 1. The number of halogens is 2. The molecule has 0 amide bonds. The number of benzene rings is 2. The van der Waals surface area contributed by atoms with Crippen molar-refractivity contribution in [3.8, 4) is 0 Å². The first-order valence-electron chi connectivity index (χ1n) is 6.95. The Balaban J connectivity index is 1.90. The molecule has 0 aromatic heterocycles. The minimum absolute atomic E-state index is 0.193. The van der Waals surface area contributed by atoms with E-state index in [9.17, 15) is 4.39 Å². The molecule has 2 aromatic carbocycles. The van der Waals surface area contributed by atoms with Gasteiger partial charge >= 0.3 is 0 Å². The van der Waals surface area contributed by atoms with E-state index in [0.717, 1.165) is 17.3 Å². The second kappa shape index (κ2) is 5.57. The van der Waals surface area contributed by atoms with Crippen LogP contribution in [-0.4, -0.2) is 0 Å². The highest BCUT2D eigenvalue weighted by atomic mass is 79.9. The van der Waals surface area contributed by atoms with Crippen molar-refractivity contribution in [2.24, 2.45) is 0 Å². The number of nitrogens with one attached hydrogen (secondary N) is 1. The Hall–Kier alpha value is -1.35. The van der Waals surface area contributed by atoms with Gasteiger partial charge in [-0.1, -0.05) is 47.1 Å². The van der Waals surface area contributed by atoms with Crippen LogP contribution < -0.4 is 5.32 Å². The molecule has 104 valence electrons. The molecule has 3 heteroatoms. The number of hydrogen-bond acceptors (Lipinski definition) is 1. The maximum Gasteiger partial charge on any atom is 0.147 e. The Kier molecular flexibility index (Phi) is 3.79. The summed E-state index contributed by atoms with van der Waals surface area (Å²) in [7, 11) is 0. The normalized spacial score (nSPS) is 21.4. The van der Waals surface area contributed by atoms with E-state index in [1.165, 1.54) is 17.2 Å². The molecule has 2 unspecified atom stereocenters. The first-order chi connectivity index (χ1) is 9.65. The molecule has 0 heterocycles. The van der Waals surface area contributed by atoms with Gasteiger partial charge in [0.25, 0.3) is 0 Å². The zero-order valence-corrected chi connectivity index (χ0v) is 13.0. The van der Waals surface area contributed by atoms with Crippen LogP contribution in [-0.2, 0) is 0 Å². The van der Waals surface area contributed by atoms with Crippen molar-refractivity contribution >= 4 is 21.6 Å². The molecule has 1 N–H and O–H groups in total. The monoisotopic (exact) mass is 333 g/mol.